The highest BCUT2D eigenvalue weighted by Gasteiger charge is 2.13. The molecule has 0 aliphatic carbocycles. The van der Waals surface area contributed by atoms with Gasteiger partial charge in [0.25, 0.3) is 0 Å². The highest BCUT2D eigenvalue weighted by atomic mass is 127. The second-order valence-corrected chi connectivity index (χ2v) is 7.70. The highest BCUT2D eigenvalue weighted by molar-refractivity contribution is 14.1. The Bertz CT molecular complexity index is 820. The van der Waals surface area contributed by atoms with E-state index in [0.29, 0.717) is 22.5 Å². The van der Waals surface area contributed by atoms with Gasteiger partial charge in [-0.3, -0.25) is 0 Å². The summed E-state index contributed by atoms with van der Waals surface area (Å²) in [7, 11) is 0. The van der Waals surface area contributed by atoms with Crippen LogP contribution in [0.1, 0.15) is 5.56 Å². The van der Waals surface area contributed by atoms with Crippen LogP contribution in [0.2, 0.25) is 10.0 Å². The number of halogens is 4. The monoisotopic (exact) mass is 572 g/mol. The van der Waals surface area contributed by atoms with Crippen molar-refractivity contribution >= 4 is 68.4 Å². The van der Waals surface area contributed by atoms with Crippen LogP contribution in [0, 0.1) is 7.14 Å². The molecular weight excluding hydrogens is 565 g/mol. The first kappa shape index (κ1) is 17.2. The second-order valence-electron chi connectivity index (χ2n) is 4.53. The maximum Gasteiger partial charge on any atom is 0.204 e. The molecule has 3 rings (SSSR count). The molecule has 1 heterocycles. The third-order valence-electron chi connectivity index (χ3n) is 2.99. The van der Waals surface area contributed by atoms with Crippen LogP contribution in [-0.2, 0) is 6.61 Å². The summed E-state index contributed by atoms with van der Waals surface area (Å²) in [5.41, 5.74) is 1.76. The number of aromatic nitrogens is 4. The maximum atomic E-state index is 6.17. The Kier molecular flexibility index (Phi) is 5.60. The van der Waals surface area contributed by atoms with E-state index in [1.54, 1.807) is 12.1 Å². The zero-order chi connectivity index (χ0) is 16.4. The Balaban J connectivity index is 1.83. The Labute approximate surface area is 169 Å². The third-order valence-corrected chi connectivity index (χ3v) is 5.18. The Hall–Kier alpha value is -0.650. The van der Waals surface area contributed by atoms with Crippen LogP contribution in [0.4, 0.5) is 0 Å². The molecule has 118 valence electrons. The molecule has 0 aliphatic heterocycles. The first-order chi connectivity index (χ1) is 11.0. The number of nitrogens with one attached hydrogen (secondary N) is 1. The van der Waals surface area contributed by atoms with Crippen molar-refractivity contribution in [2.75, 3.05) is 0 Å². The summed E-state index contributed by atoms with van der Waals surface area (Å²) < 4.78 is 7.86. The molecule has 0 amide bonds. The highest BCUT2D eigenvalue weighted by Crippen LogP contribution is 2.33. The average molecular weight is 573 g/mol. The summed E-state index contributed by atoms with van der Waals surface area (Å²) in [6.07, 6.45) is 0. The van der Waals surface area contributed by atoms with Gasteiger partial charge in [-0.1, -0.05) is 29.3 Å². The fraction of sp³-hybridized carbons (Fsp3) is 0.0714. The van der Waals surface area contributed by atoms with Gasteiger partial charge in [0.2, 0.25) is 5.82 Å². The molecular formula is C14H8Cl2I2N4O. The molecule has 0 radical (unpaired) electrons. The molecule has 0 atom stereocenters. The van der Waals surface area contributed by atoms with E-state index in [1.165, 1.54) is 0 Å². The van der Waals surface area contributed by atoms with Gasteiger partial charge in [-0.15, -0.1) is 10.2 Å². The topological polar surface area (TPSA) is 63.7 Å². The van der Waals surface area contributed by atoms with Crippen molar-refractivity contribution in [2.45, 2.75) is 6.61 Å². The minimum atomic E-state index is 0.365. The smallest absolute Gasteiger partial charge is 0.204 e. The lowest BCUT2D eigenvalue weighted by Crippen LogP contribution is -2.00. The Morgan fingerprint density at radius 3 is 2.43 bits per heavy atom. The van der Waals surface area contributed by atoms with Crippen molar-refractivity contribution in [3.05, 3.63) is 53.1 Å². The quantitative estimate of drug-likeness (QED) is 0.449. The first-order valence-electron chi connectivity index (χ1n) is 6.34. The van der Waals surface area contributed by atoms with Gasteiger partial charge in [0, 0.05) is 21.2 Å². The molecule has 0 saturated carbocycles. The number of H-pyrrole nitrogens is 1. The normalized spacial score (nSPS) is 10.8. The Morgan fingerprint density at radius 2 is 1.83 bits per heavy atom. The van der Waals surface area contributed by atoms with Gasteiger partial charge < -0.3 is 4.74 Å². The maximum absolute atomic E-state index is 6.17. The van der Waals surface area contributed by atoms with Crippen LogP contribution < -0.4 is 4.74 Å². The molecule has 0 fully saturated rings. The number of hydrogen-bond acceptors (Lipinski definition) is 4. The number of benzene rings is 2. The average Bonchev–Trinajstić information content (AvgIpc) is 3.02. The van der Waals surface area contributed by atoms with Gasteiger partial charge >= 0.3 is 0 Å². The number of tetrazole rings is 1. The van der Waals surface area contributed by atoms with Crippen molar-refractivity contribution in [3.8, 4) is 17.1 Å². The van der Waals surface area contributed by atoms with E-state index in [2.05, 4.69) is 65.8 Å². The summed E-state index contributed by atoms with van der Waals surface area (Å²) in [6.45, 7) is 0.365. The molecule has 0 bridgehead atoms. The zero-order valence-electron chi connectivity index (χ0n) is 11.4. The van der Waals surface area contributed by atoms with Crippen molar-refractivity contribution in [2.24, 2.45) is 0 Å². The van der Waals surface area contributed by atoms with Gasteiger partial charge in [0.1, 0.15) is 12.4 Å². The molecule has 1 N–H and O–H groups in total. The van der Waals surface area contributed by atoms with Crippen LogP contribution in [0.15, 0.2) is 30.3 Å². The van der Waals surface area contributed by atoms with E-state index in [4.69, 9.17) is 27.9 Å². The van der Waals surface area contributed by atoms with Crippen LogP contribution in [0.5, 0.6) is 5.75 Å². The lowest BCUT2D eigenvalue weighted by Gasteiger charge is -2.12. The predicted molar refractivity (Wildman–Crippen MR) is 106 cm³/mol. The molecule has 0 unspecified atom stereocenters. The van der Waals surface area contributed by atoms with E-state index in [0.717, 1.165) is 24.0 Å². The van der Waals surface area contributed by atoms with Crippen LogP contribution >= 0.6 is 68.4 Å². The van der Waals surface area contributed by atoms with E-state index in [9.17, 15) is 0 Å². The van der Waals surface area contributed by atoms with Gasteiger partial charge in [0.05, 0.1) is 7.14 Å². The van der Waals surface area contributed by atoms with E-state index >= 15 is 0 Å². The summed E-state index contributed by atoms with van der Waals surface area (Å²) in [6, 6.07) is 9.26. The largest absolute Gasteiger partial charge is 0.487 e. The third kappa shape index (κ3) is 4.06. The fourth-order valence-electron chi connectivity index (χ4n) is 1.90. The van der Waals surface area contributed by atoms with Gasteiger partial charge in [0.15, 0.2) is 0 Å². The number of hydrogen-bond donors (Lipinski definition) is 1. The number of ether oxygens (including phenoxy) is 1. The van der Waals surface area contributed by atoms with E-state index < -0.39 is 0 Å². The Morgan fingerprint density at radius 1 is 1.09 bits per heavy atom. The van der Waals surface area contributed by atoms with E-state index in [-0.39, 0.29) is 0 Å². The van der Waals surface area contributed by atoms with Gasteiger partial charge in [-0.05, 0) is 74.7 Å². The van der Waals surface area contributed by atoms with Gasteiger partial charge in [-0.2, -0.15) is 5.21 Å². The predicted octanol–water partition coefficient (Wildman–Crippen LogP) is 4.96. The van der Waals surface area contributed by atoms with Gasteiger partial charge in [-0.25, -0.2) is 0 Å². The summed E-state index contributed by atoms with van der Waals surface area (Å²) >= 11 is 16.5. The molecule has 0 aliphatic rings. The molecule has 1 aromatic heterocycles. The van der Waals surface area contributed by atoms with Crippen molar-refractivity contribution < 1.29 is 4.74 Å². The molecule has 0 saturated heterocycles. The van der Waals surface area contributed by atoms with Crippen molar-refractivity contribution in [3.63, 3.8) is 0 Å². The summed E-state index contributed by atoms with van der Waals surface area (Å²) in [5, 5.41) is 15.2. The number of nitrogens with zero attached hydrogens (tertiary/aromatic N) is 3. The minimum absolute atomic E-state index is 0.365. The molecule has 9 heteroatoms. The fourth-order valence-corrected chi connectivity index (χ4v) is 4.44. The standard InChI is InChI=1S/C14H8Cl2I2N4O/c15-9-2-1-7(10(16)5-9)6-23-13-11(17)3-8(4-12(13)18)14-19-21-22-20-14/h1-5H,6H2,(H,19,20,21,22). The number of aromatic amines is 1. The molecule has 3 aromatic rings. The summed E-state index contributed by atoms with van der Waals surface area (Å²) in [5.74, 6) is 1.34. The second kappa shape index (κ2) is 7.49. The lowest BCUT2D eigenvalue weighted by molar-refractivity contribution is 0.302. The molecule has 2 aromatic carbocycles. The van der Waals surface area contributed by atoms with E-state index in [1.807, 2.05) is 18.2 Å². The minimum Gasteiger partial charge on any atom is -0.487 e. The van der Waals surface area contributed by atoms with Crippen LogP contribution in [-0.4, -0.2) is 20.6 Å². The SMILES string of the molecule is Clc1ccc(COc2c(I)cc(-c3nn[nH]n3)cc2I)c(Cl)c1. The van der Waals surface area contributed by atoms with Crippen LogP contribution in [0.3, 0.4) is 0 Å². The molecule has 0 spiro atoms. The molecule has 5 nitrogen and oxygen atoms in total. The van der Waals surface area contributed by atoms with Crippen LogP contribution in [0.25, 0.3) is 11.4 Å². The van der Waals surface area contributed by atoms with Crippen molar-refractivity contribution in [1.29, 1.82) is 0 Å². The zero-order valence-corrected chi connectivity index (χ0v) is 17.2. The number of rotatable bonds is 4. The lowest BCUT2D eigenvalue weighted by atomic mass is 10.2. The molecule has 23 heavy (non-hydrogen) atoms. The van der Waals surface area contributed by atoms with Crippen molar-refractivity contribution in [1.82, 2.24) is 20.6 Å². The first-order valence-corrected chi connectivity index (χ1v) is 9.25. The summed E-state index contributed by atoms with van der Waals surface area (Å²) in [4.78, 5) is 0.